The summed E-state index contributed by atoms with van der Waals surface area (Å²) in [5, 5.41) is 14.7. The molecule has 0 fully saturated rings. The predicted octanol–water partition coefficient (Wildman–Crippen LogP) is 1.56. The third kappa shape index (κ3) is 2.11. The molecule has 1 atom stereocenters. The molecule has 0 saturated heterocycles. The smallest absolute Gasteiger partial charge is 0.143 e. The lowest BCUT2D eigenvalue weighted by Crippen LogP contribution is -2.08. The number of aliphatic hydroxyl groups excluding tert-OH is 1. The van der Waals surface area contributed by atoms with Crippen molar-refractivity contribution < 1.29 is 9.84 Å². The molecule has 1 N–H and O–H groups in total. The maximum Gasteiger partial charge on any atom is 0.143 e. The van der Waals surface area contributed by atoms with Crippen LogP contribution in [-0.4, -0.2) is 27.0 Å². The Bertz CT molecular complexity index is 508. The maximum absolute atomic E-state index is 10.3. The van der Waals surface area contributed by atoms with Gasteiger partial charge in [0.25, 0.3) is 0 Å². The second-order valence-corrected chi connectivity index (χ2v) is 3.93. The molecule has 0 aliphatic carbocycles. The van der Waals surface area contributed by atoms with Gasteiger partial charge in [0.15, 0.2) is 0 Å². The summed E-state index contributed by atoms with van der Waals surface area (Å²) in [5.41, 5.74) is 1.13. The molecule has 0 saturated carbocycles. The van der Waals surface area contributed by atoms with Crippen LogP contribution in [0.4, 0.5) is 0 Å². The molecule has 17 heavy (non-hydrogen) atoms. The van der Waals surface area contributed by atoms with Crippen LogP contribution in [0.25, 0.3) is 0 Å². The second kappa shape index (κ2) is 4.73. The fourth-order valence-corrected chi connectivity index (χ4v) is 1.93. The number of hydrogen-bond acceptors (Lipinski definition) is 4. The first-order valence-corrected chi connectivity index (χ1v) is 5.36. The van der Waals surface area contributed by atoms with E-state index in [0.717, 1.165) is 0 Å². The van der Waals surface area contributed by atoms with Crippen LogP contribution in [0.1, 0.15) is 17.4 Å². The molecule has 0 aromatic carbocycles. The average molecular weight is 254 g/mol. The molecule has 0 bridgehead atoms. The van der Waals surface area contributed by atoms with Crippen molar-refractivity contribution >= 4 is 11.6 Å². The molecule has 90 valence electrons. The Labute approximate surface area is 104 Å². The SMILES string of the molecule is COc1cnccc1C(O)c1c(Cl)cnn1C. The van der Waals surface area contributed by atoms with Gasteiger partial charge in [-0.1, -0.05) is 11.6 Å². The Kier molecular flexibility index (Phi) is 3.31. The van der Waals surface area contributed by atoms with Crippen molar-refractivity contribution in [1.29, 1.82) is 0 Å². The summed E-state index contributed by atoms with van der Waals surface area (Å²) in [6, 6.07) is 1.69. The van der Waals surface area contributed by atoms with Crippen LogP contribution in [0, 0.1) is 0 Å². The van der Waals surface area contributed by atoms with Gasteiger partial charge in [-0.15, -0.1) is 0 Å². The third-order valence-corrected chi connectivity index (χ3v) is 2.82. The van der Waals surface area contributed by atoms with Gasteiger partial charge in [0, 0.05) is 18.8 Å². The summed E-state index contributed by atoms with van der Waals surface area (Å²) in [5.74, 6) is 0.511. The topological polar surface area (TPSA) is 60.2 Å². The number of aryl methyl sites for hydroxylation is 1. The van der Waals surface area contributed by atoms with Crippen LogP contribution in [0.15, 0.2) is 24.7 Å². The summed E-state index contributed by atoms with van der Waals surface area (Å²) in [6.45, 7) is 0. The van der Waals surface area contributed by atoms with Crippen molar-refractivity contribution in [1.82, 2.24) is 14.8 Å². The quantitative estimate of drug-likeness (QED) is 0.902. The van der Waals surface area contributed by atoms with Crippen LogP contribution >= 0.6 is 11.6 Å². The third-order valence-electron chi connectivity index (χ3n) is 2.53. The first kappa shape index (κ1) is 11.9. The van der Waals surface area contributed by atoms with Gasteiger partial charge in [0.1, 0.15) is 11.9 Å². The molecule has 0 spiro atoms. The summed E-state index contributed by atoms with van der Waals surface area (Å²) < 4.78 is 6.68. The van der Waals surface area contributed by atoms with Crippen molar-refractivity contribution in [2.75, 3.05) is 7.11 Å². The van der Waals surface area contributed by atoms with E-state index in [9.17, 15) is 5.11 Å². The zero-order chi connectivity index (χ0) is 12.4. The van der Waals surface area contributed by atoms with E-state index < -0.39 is 6.10 Å². The molecule has 0 aliphatic rings. The highest BCUT2D eigenvalue weighted by Crippen LogP contribution is 2.32. The molecule has 0 amide bonds. The van der Waals surface area contributed by atoms with Gasteiger partial charge in [-0.05, 0) is 6.07 Å². The Hall–Kier alpha value is -1.59. The number of nitrogens with zero attached hydrogens (tertiary/aromatic N) is 3. The van der Waals surface area contributed by atoms with E-state index in [0.29, 0.717) is 22.0 Å². The second-order valence-electron chi connectivity index (χ2n) is 3.52. The highest BCUT2D eigenvalue weighted by molar-refractivity contribution is 6.31. The molecular weight excluding hydrogens is 242 g/mol. The van der Waals surface area contributed by atoms with E-state index >= 15 is 0 Å². The van der Waals surface area contributed by atoms with Gasteiger partial charge < -0.3 is 9.84 Å². The van der Waals surface area contributed by atoms with E-state index in [1.807, 2.05) is 0 Å². The van der Waals surface area contributed by atoms with E-state index in [1.165, 1.54) is 18.0 Å². The Balaban J connectivity index is 2.47. The normalized spacial score (nSPS) is 12.5. The summed E-state index contributed by atoms with van der Waals surface area (Å²) >= 11 is 5.99. The first-order chi connectivity index (χ1) is 8.15. The van der Waals surface area contributed by atoms with E-state index in [1.54, 1.807) is 25.5 Å². The summed E-state index contributed by atoms with van der Waals surface area (Å²) in [6.07, 6.45) is 3.73. The number of ether oxygens (including phenoxy) is 1. The Morgan fingerprint density at radius 3 is 2.82 bits per heavy atom. The molecule has 2 heterocycles. The van der Waals surface area contributed by atoms with Gasteiger partial charge in [-0.2, -0.15) is 5.10 Å². The van der Waals surface area contributed by atoms with Crippen molar-refractivity contribution in [2.45, 2.75) is 6.10 Å². The zero-order valence-electron chi connectivity index (χ0n) is 9.46. The standard InChI is InChI=1S/C11H12ClN3O2/c1-15-10(8(12)5-14-15)11(16)7-3-4-13-6-9(7)17-2/h3-6,11,16H,1-2H3. The lowest BCUT2D eigenvalue weighted by Gasteiger charge is -2.14. The lowest BCUT2D eigenvalue weighted by molar-refractivity contribution is 0.204. The van der Waals surface area contributed by atoms with Crippen LogP contribution in [0.5, 0.6) is 5.75 Å². The van der Waals surface area contributed by atoms with Crippen LogP contribution in [-0.2, 0) is 7.05 Å². The number of methoxy groups -OCH3 is 1. The summed E-state index contributed by atoms with van der Waals surface area (Å²) in [7, 11) is 3.25. The number of aliphatic hydroxyl groups is 1. The highest BCUT2D eigenvalue weighted by Gasteiger charge is 2.21. The van der Waals surface area contributed by atoms with Crippen molar-refractivity contribution in [3.8, 4) is 5.75 Å². The molecule has 5 nitrogen and oxygen atoms in total. The fraction of sp³-hybridized carbons (Fsp3) is 0.273. The minimum absolute atomic E-state index is 0.416. The van der Waals surface area contributed by atoms with Gasteiger partial charge >= 0.3 is 0 Å². The minimum Gasteiger partial charge on any atom is -0.495 e. The van der Waals surface area contributed by atoms with Gasteiger partial charge in [0.05, 0.1) is 30.2 Å². The van der Waals surface area contributed by atoms with Crippen LogP contribution in [0.3, 0.4) is 0 Å². The van der Waals surface area contributed by atoms with E-state index in [2.05, 4.69) is 10.1 Å². The Morgan fingerprint density at radius 2 is 2.24 bits per heavy atom. The highest BCUT2D eigenvalue weighted by atomic mass is 35.5. The monoisotopic (exact) mass is 253 g/mol. The predicted molar refractivity (Wildman–Crippen MR) is 63.1 cm³/mol. The summed E-state index contributed by atoms with van der Waals surface area (Å²) in [4.78, 5) is 3.93. The van der Waals surface area contributed by atoms with E-state index in [4.69, 9.17) is 16.3 Å². The van der Waals surface area contributed by atoms with Gasteiger partial charge in [0.2, 0.25) is 0 Å². The Morgan fingerprint density at radius 1 is 1.47 bits per heavy atom. The fourth-order valence-electron chi connectivity index (χ4n) is 1.66. The number of pyridine rings is 1. The first-order valence-electron chi connectivity index (χ1n) is 4.98. The molecule has 2 aromatic rings. The molecular formula is C11H12ClN3O2. The van der Waals surface area contributed by atoms with Crippen molar-refractivity contribution in [3.05, 3.63) is 40.9 Å². The lowest BCUT2D eigenvalue weighted by atomic mass is 10.1. The maximum atomic E-state index is 10.3. The molecule has 2 aromatic heterocycles. The largest absolute Gasteiger partial charge is 0.495 e. The zero-order valence-corrected chi connectivity index (χ0v) is 10.2. The molecule has 6 heteroatoms. The van der Waals surface area contributed by atoms with E-state index in [-0.39, 0.29) is 0 Å². The van der Waals surface area contributed by atoms with Gasteiger partial charge in [-0.3, -0.25) is 9.67 Å². The number of aromatic nitrogens is 3. The molecule has 1 unspecified atom stereocenters. The minimum atomic E-state index is -0.895. The van der Waals surface area contributed by atoms with Gasteiger partial charge in [-0.25, -0.2) is 0 Å². The number of halogens is 1. The van der Waals surface area contributed by atoms with Crippen LogP contribution < -0.4 is 4.74 Å². The molecule has 0 radical (unpaired) electrons. The van der Waals surface area contributed by atoms with Crippen LogP contribution in [0.2, 0.25) is 5.02 Å². The number of rotatable bonds is 3. The van der Waals surface area contributed by atoms with Crippen molar-refractivity contribution in [3.63, 3.8) is 0 Å². The molecule has 2 rings (SSSR count). The number of hydrogen-bond donors (Lipinski definition) is 1. The van der Waals surface area contributed by atoms with Crippen molar-refractivity contribution in [2.24, 2.45) is 7.05 Å². The molecule has 0 aliphatic heterocycles. The average Bonchev–Trinajstić information content (AvgIpc) is 2.68.